The van der Waals surface area contributed by atoms with Gasteiger partial charge in [-0.15, -0.1) is 0 Å². The Morgan fingerprint density at radius 2 is 1.79 bits per heavy atom. The zero-order chi connectivity index (χ0) is 10.6. The fourth-order valence-electron chi connectivity index (χ4n) is 1.37. The van der Waals surface area contributed by atoms with E-state index in [2.05, 4.69) is 0 Å². The van der Waals surface area contributed by atoms with E-state index in [0.717, 1.165) is 17.7 Å². The van der Waals surface area contributed by atoms with Gasteiger partial charge in [-0.25, -0.2) is 0 Å². The predicted octanol–water partition coefficient (Wildman–Crippen LogP) is 2.50. The highest BCUT2D eigenvalue weighted by molar-refractivity contribution is 5.96. The molecule has 0 saturated heterocycles. The van der Waals surface area contributed by atoms with Gasteiger partial charge in [-0.1, -0.05) is 30.3 Å². The van der Waals surface area contributed by atoms with Crippen LogP contribution in [0, 0.1) is 5.41 Å². The molecule has 0 amide bonds. The molecule has 0 aliphatic heterocycles. The Morgan fingerprint density at radius 1 is 1.21 bits per heavy atom. The molecule has 0 unspecified atom stereocenters. The third-order valence-electron chi connectivity index (χ3n) is 2.15. The molecule has 74 valence electrons. The average Bonchev–Trinajstić information content (AvgIpc) is 2.15. The van der Waals surface area contributed by atoms with Gasteiger partial charge in [0.05, 0.1) is 0 Å². The molecule has 0 spiro atoms. The summed E-state index contributed by atoms with van der Waals surface area (Å²) in [7, 11) is 0. The summed E-state index contributed by atoms with van der Waals surface area (Å²) in [5.41, 5.74) is 9.13. The van der Waals surface area contributed by atoms with Gasteiger partial charge >= 0.3 is 0 Å². The molecule has 0 atom stereocenters. The largest absolute Gasteiger partial charge is 0.402 e. The summed E-state index contributed by atoms with van der Waals surface area (Å²) in [5.74, 6) is 0. The van der Waals surface area contributed by atoms with Crippen LogP contribution in [0.5, 0.6) is 0 Å². The lowest BCUT2D eigenvalue weighted by atomic mass is 10.0. The first-order valence-electron chi connectivity index (χ1n) is 4.66. The average molecular weight is 188 g/mol. The summed E-state index contributed by atoms with van der Waals surface area (Å²) in [6, 6.07) is 10.1. The van der Waals surface area contributed by atoms with Crippen LogP contribution in [0.4, 0.5) is 0 Å². The Morgan fingerprint density at radius 3 is 2.21 bits per heavy atom. The molecule has 0 bridgehead atoms. The van der Waals surface area contributed by atoms with Crippen molar-refractivity contribution >= 4 is 5.71 Å². The molecule has 0 fully saturated rings. The number of nitrogens with two attached hydrogens (primary N) is 1. The molecule has 0 aromatic heterocycles. The molecular weight excluding hydrogens is 172 g/mol. The van der Waals surface area contributed by atoms with Gasteiger partial charge in [0.15, 0.2) is 0 Å². The molecule has 0 heterocycles. The quantitative estimate of drug-likeness (QED) is 0.703. The molecule has 2 nitrogen and oxygen atoms in total. The molecule has 0 aliphatic carbocycles. The van der Waals surface area contributed by atoms with Crippen LogP contribution in [0.25, 0.3) is 0 Å². The van der Waals surface area contributed by atoms with E-state index in [1.54, 1.807) is 6.92 Å². The maximum absolute atomic E-state index is 7.59. The van der Waals surface area contributed by atoms with Gasteiger partial charge in [-0.3, -0.25) is 0 Å². The lowest BCUT2D eigenvalue weighted by Crippen LogP contribution is -2.08. The SMILES string of the molecule is CC(=N)/C(Cc1ccccc1)=C(/C)N. The summed E-state index contributed by atoms with van der Waals surface area (Å²) >= 11 is 0. The molecule has 3 N–H and O–H groups in total. The van der Waals surface area contributed by atoms with Crippen molar-refractivity contribution in [3.63, 3.8) is 0 Å². The van der Waals surface area contributed by atoms with Crippen molar-refractivity contribution < 1.29 is 0 Å². The third-order valence-corrected chi connectivity index (χ3v) is 2.15. The lowest BCUT2D eigenvalue weighted by molar-refractivity contribution is 1.13. The summed E-state index contributed by atoms with van der Waals surface area (Å²) < 4.78 is 0. The van der Waals surface area contributed by atoms with Crippen LogP contribution in [-0.4, -0.2) is 5.71 Å². The molecule has 1 aromatic rings. The molecule has 0 aliphatic rings. The van der Waals surface area contributed by atoms with Crippen LogP contribution in [0.1, 0.15) is 19.4 Å². The van der Waals surface area contributed by atoms with Gasteiger partial charge in [0, 0.05) is 17.8 Å². The Labute approximate surface area is 85.0 Å². The molecule has 1 rings (SSSR count). The van der Waals surface area contributed by atoms with Crippen molar-refractivity contribution in [2.45, 2.75) is 20.3 Å². The first-order chi connectivity index (χ1) is 6.61. The van der Waals surface area contributed by atoms with Crippen LogP contribution in [-0.2, 0) is 6.42 Å². The lowest BCUT2D eigenvalue weighted by Gasteiger charge is -2.07. The highest BCUT2D eigenvalue weighted by Crippen LogP contribution is 2.10. The van der Waals surface area contributed by atoms with Gasteiger partial charge in [0.25, 0.3) is 0 Å². The van der Waals surface area contributed by atoms with Crippen LogP contribution >= 0.6 is 0 Å². The van der Waals surface area contributed by atoms with Crippen LogP contribution in [0.2, 0.25) is 0 Å². The molecule has 14 heavy (non-hydrogen) atoms. The summed E-state index contributed by atoms with van der Waals surface area (Å²) in [5, 5.41) is 7.59. The summed E-state index contributed by atoms with van der Waals surface area (Å²) in [6.07, 6.45) is 0.749. The van der Waals surface area contributed by atoms with Gasteiger partial charge in [-0.05, 0) is 25.0 Å². The van der Waals surface area contributed by atoms with E-state index in [0.29, 0.717) is 5.71 Å². The van der Waals surface area contributed by atoms with Crippen LogP contribution in [0.3, 0.4) is 0 Å². The van der Waals surface area contributed by atoms with Crippen LogP contribution < -0.4 is 5.73 Å². The van der Waals surface area contributed by atoms with Crippen molar-refractivity contribution in [2.24, 2.45) is 5.73 Å². The number of hydrogen-bond donors (Lipinski definition) is 2. The minimum Gasteiger partial charge on any atom is -0.402 e. The Balaban J connectivity index is 2.87. The minimum atomic E-state index is 0.550. The van der Waals surface area contributed by atoms with Crippen molar-refractivity contribution in [1.29, 1.82) is 5.41 Å². The summed E-state index contributed by atoms with van der Waals surface area (Å²) in [6.45, 7) is 3.62. The smallest absolute Gasteiger partial charge is 0.0335 e. The molecule has 2 heteroatoms. The number of benzene rings is 1. The number of allylic oxidation sites excluding steroid dienone is 2. The van der Waals surface area contributed by atoms with Gasteiger partial charge in [0.2, 0.25) is 0 Å². The number of nitrogens with one attached hydrogen (secondary N) is 1. The van der Waals surface area contributed by atoms with E-state index in [1.165, 1.54) is 5.56 Å². The zero-order valence-corrected chi connectivity index (χ0v) is 8.67. The second kappa shape index (κ2) is 4.61. The third kappa shape index (κ3) is 2.73. The van der Waals surface area contributed by atoms with Gasteiger partial charge in [0.1, 0.15) is 0 Å². The molecule has 1 aromatic carbocycles. The second-order valence-electron chi connectivity index (χ2n) is 3.45. The highest BCUT2D eigenvalue weighted by Gasteiger charge is 2.04. The highest BCUT2D eigenvalue weighted by atomic mass is 14.6. The normalized spacial score (nSPS) is 12.1. The zero-order valence-electron chi connectivity index (χ0n) is 8.67. The number of hydrogen-bond acceptors (Lipinski definition) is 2. The van der Waals surface area contributed by atoms with Crippen LogP contribution in [0.15, 0.2) is 41.6 Å². The fraction of sp³-hybridized carbons (Fsp3) is 0.250. The van der Waals surface area contributed by atoms with E-state index in [1.807, 2.05) is 37.3 Å². The first kappa shape index (κ1) is 10.5. The maximum atomic E-state index is 7.59. The van der Waals surface area contributed by atoms with E-state index in [-0.39, 0.29) is 0 Å². The van der Waals surface area contributed by atoms with E-state index in [4.69, 9.17) is 11.1 Å². The molecule has 0 radical (unpaired) electrons. The van der Waals surface area contributed by atoms with E-state index >= 15 is 0 Å². The molecule has 0 saturated carbocycles. The van der Waals surface area contributed by atoms with Crippen molar-refractivity contribution in [3.05, 3.63) is 47.2 Å². The minimum absolute atomic E-state index is 0.550. The second-order valence-corrected chi connectivity index (χ2v) is 3.45. The standard InChI is InChI=1S/C12H16N2/c1-9(13)12(10(2)14)8-11-6-4-3-5-7-11/h3-7,13H,8,14H2,1-2H3/b12-10-,13-9?. The number of rotatable bonds is 3. The van der Waals surface area contributed by atoms with Gasteiger partial charge < -0.3 is 11.1 Å². The first-order valence-corrected chi connectivity index (χ1v) is 4.66. The Hall–Kier alpha value is -1.57. The van der Waals surface area contributed by atoms with E-state index in [9.17, 15) is 0 Å². The maximum Gasteiger partial charge on any atom is 0.0335 e. The predicted molar refractivity (Wildman–Crippen MR) is 60.4 cm³/mol. The summed E-state index contributed by atoms with van der Waals surface area (Å²) in [4.78, 5) is 0. The Bertz CT molecular complexity index is 346. The molecular formula is C12H16N2. The van der Waals surface area contributed by atoms with Crippen molar-refractivity contribution in [3.8, 4) is 0 Å². The fourth-order valence-corrected chi connectivity index (χ4v) is 1.37. The van der Waals surface area contributed by atoms with Crippen molar-refractivity contribution in [1.82, 2.24) is 0 Å². The van der Waals surface area contributed by atoms with Crippen molar-refractivity contribution in [2.75, 3.05) is 0 Å². The Kier molecular flexibility index (Phi) is 3.46. The monoisotopic (exact) mass is 188 g/mol. The topological polar surface area (TPSA) is 49.9 Å². The van der Waals surface area contributed by atoms with E-state index < -0.39 is 0 Å². The van der Waals surface area contributed by atoms with Gasteiger partial charge in [-0.2, -0.15) is 0 Å².